The summed E-state index contributed by atoms with van der Waals surface area (Å²) in [5.74, 6) is -1.22. The molecule has 0 bridgehead atoms. The van der Waals surface area contributed by atoms with E-state index in [-0.39, 0.29) is 43.7 Å². The zero-order valence-corrected chi connectivity index (χ0v) is 42.2. The standard InChI is InChI=1S/C24H22Br2N6O4S2.C14H12BrN3O2S.C2H5NS.CH4/c1-3-35-23(33)17-19(21(27)31(29-17)15-9-5-7-13(25)11-15)37-38-20-18(24(34)36-4-2)30-32(22(20)28)16-10-6-8-14(26)12-16;1-3-20-14(19)11-12-13(16-8(2)21-12)18(17-11)10-6-4-5-9(15)7-10;1-2(3)4;/h5-12H,3-4,27-28H2,1-2H3;4-7H,3H2,1-2H3;1H3,(H2,3,4);1H4. The lowest BCUT2D eigenvalue weighted by atomic mass is 10.3. The van der Waals surface area contributed by atoms with Crippen LogP contribution in [0, 0.1) is 6.92 Å². The molecule has 0 aliphatic rings. The molecule has 23 heteroatoms. The first kappa shape index (κ1) is 51.9. The molecule has 0 saturated heterocycles. The summed E-state index contributed by atoms with van der Waals surface area (Å²) in [5.41, 5.74) is 21.0. The van der Waals surface area contributed by atoms with Gasteiger partial charge in [0.2, 0.25) is 0 Å². The average Bonchev–Trinajstić information content (AvgIpc) is 3.97. The molecule has 338 valence electrons. The third kappa shape index (κ3) is 12.7. The molecule has 64 heavy (non-hydrogen) atoms. The van der Waals surface area contributed by atoms with Crippen molar-refractivity contribution >= 4 is 138 Å². The van der Waals surface area contributed by atoms with Crippen LogP contribution in [0.1, 0.15) is 71.6 Å². The van der Waals surface area contributed by atoms with Gasteiger partial charge in [-0.2, -0.15) is 15.3 Å². The maximum Gasteiger partial charge on any atom is 0.360 e. The molecule has 16 nitrogen and oxygen atoms in total. The Hall–Kier alpha value is -4.78. The minimum atomic E-state index is -0.625. The summed E-state index contributed by atoms with van der Waals surface area (Å²) in [6, 6.07) is 22.3. The van der Waals surface area contributed by atoms with Gasteiger partial charge >= 0.3 is 17.9 Å². The molecule has 7 rings (SSSR count). The monoisotopic (exact) mass is 1140 g/mol. The first-order chi connectivity index (χ1) is 30.1. The second kappa shape index (κ2) is 23.9. The van der Waals surface area contributed by atoms with Gasteiger partial charge in [0, 0.05) is 13.4 Å². The lowest BCUT2D eigenvalue weighted by molar-refractivity contribution is 0.0505. The minimum Gasteiger partial charge on any atom is -0.461 e. The van der Waals surface area contributed by atoms with Gasteiger partial charge in [0.15, 0.2) is 22.7 Å². The molecule has 0 fully saturated rings. The number of fused-ring (bicyclic) bond motifs is 1. The Balaban J connectivity index is 0.000000290. The summed E-state index contributed by atoms with van der Waals surface area (Å²) >= 11 is 16.1. The Morgan fingerprint density at radius 1 is 0.672 bits per heavy atom. The Morgan fingerprint density at radius 3 is 1.38 bits per heavy atom. The number of carbonyl (C=O) groups excluding carboxylic acids is 3. The van der Waals surface area contributed by atoms with Gasteiger partial charge in [-0.15, -0.1) is 11.3 Å². The summed E-state index contributed by atoms with van der Waals surface area (Å²) in [5, 5.41) is 14.1. The molecule has 0 aliphatic carbocycles. The number of aryl methyl sites for hydroxylation is 1. The van der Waals surface area contributed by atoms with Crippen LogP contribution in [0.25, 0.3) is 27.4 Å². The Bertz CT molecular complexity index is 2680. The Kier molecular flexibility index (Phi) is 19.4. The number of nitrogens with zero attached hydrogens (tertiary/aromatic N) is 7. The number of thiocarbonyl (C=S) groups is 1. The van der Waals surface area contributed by atoms with Crippen LogP contribution < -0.4 is 17.2 Å². The first-order valence-electron chi connectivity index (χ1n) is 18.6. The summed E-state index contributed by atoms with van der Waals surface area (Å²) in [6.07, 6.45) is 0. The molecule has 7 aromatic rings. The molecule has 0 amide bonds. The molecule has 0 unspecified atom stereocenters. The molecule has 6 N–H and O–H groups in total. The van der Waals surface area contributed by atoms with Gasteiger partial charge in [0.1, 0.15) is 16.3 Å². The molecule has 3 aromatic carbocycles. The number of esters is 3. The van der Waals surface area contributed by atoms with E-state index in [2.05, 4.69) is 80.3 Å². The molecular weight excluding hydrogens is 1100 g/mol. The van der Waals surface area contributed by atoms with Crippen molar-refractivity contribution in [1.29, 1.82) is 0 Å². The Labute approximate surface area is 411 Å². The topological polar surface area (TPSA) is 223 Å². The average molecular weight is 1140 g/mol. The minimum absolute atomic E-state index is 0. The van der Waals surface area contributed by atoms with Crippen LogP contribution in [-0.4, -0.2) is 77.0 Å². The third-order valence-electron chi connectivity index (χ3n) is 7.86. The van der Waals surface area contributed by atoms with Crippen LogP contribution in [0.5, 0.6) is 0 Å². The van der Waals surface area contributed by atoms with Crippen molar-refractivity contribution in [2.24, 2.45) is 5.73 Å². The van der Waals surface area contributed by atoms with E-state index < -0.39 is 17.9 Å². The van der Waals surface area contributed by atoms with Crippen molar-refractivity contribution in [2.45, 2.75) is 51.8 Å². The van der Waals surface area contributed by atoms with Gasteiger partial charge in [0.25, 0.3) is 0 Å². The number of nitrogens with two attached hydrogens (primary N) is 3. The van der Waals surface area contributed by atoms with Crippen LogP contribution in [0.15, 0.2) is 96.0 Å². The van der Waals surface area contributed by atoms with Gasteiger partial charge in [-0.25, -0.2) is 33.4 Å². The number of benzene rings is 3. The normalized spacial score (nSPS) is 10.5. The fourth-order valence-electron chi connectivity index (χ4n) is 5.38. The van der Waals surface area contributed by atoms with E-state index in [1.54, 1.807) is 32.4 Å². The van der Waals surface area contributed by atoms with Crippen molar-refractivity contribution in [3.63, 3.8) is 0 Å². The lowest BCUT2D eigenvalue weighted by Gasteiger charge is -2.07. The van der Waals surface area contributed by atoms with E-state index in [4.69, 9.17) is 31.4 Å². The Morgan fingerprint density at radius 2 is 1.02 bits per heavy atom. The summed E-state index contributed by atoms with van der Waals surface area (Å²) in [6.45, 7) is 9.42. The molecule has 0 atom stereocenters. The molecule has 0 spiro atoms. The summed E-state index contributed by atoms with van der Waals surface area (Å²) in [7, 11) is 2.24. The number of nitrogen functional groups attached to an aromatic ring is 2. The number of rotatable bonds is 12. The first-order valence-corrected chi connectivity index (χ1v) is 24.4. The van der Waals surface area contributed by atoms with Crippen LogP contribution in [0.2, 0.25) is 0 Å². The van der Waals surface area contributed by atoms with Crippen molar-refractivity contribution in [3.8, 4) is 17.1 Å². The number of anilines is 2. The predicted molar refractivity (Wildman–Crippen MR) is 269 cm³/mol. The highest BCUT2D eigenvalue weighted by Gasteiger charge is 2.29. The maximum absolute atomic E-state index is 12.8. The number of halogens is 3. The van der Waals surface area contributed by atoms with E-state index in [0.717, 1.165) is 50.4 Å². The SMILES string of the molecule is C.CC(N)=S.CCOC(=O)c1nn(-c2cccc(Br)c2)c(N)c1SSc1c(C(=O)OCC)nn(-c2cccc(Br)c2)c1N.CCOC(=O)c1nn(-c2cccc(Br)c2)c2nc(C)sc12. The smallest absolute Gasteiger partial charge is 0.360 e. The number of carbonyl (C=O) groups is 3. The van der Waals surface area contributed by atoms with E-state index in [0.29, 0.717) is 44.1 Å². The quantitative estimate of drug-likeness (QED) is 0.0448. The zero-order valence-electron chi connectivity index (χ0n) is 34.1. The van der Waals surface area contributed by atoms with Gasteiger partial charge in [-0.3, -0.25) is 0 Å². The zero-order chi connectivity index (χ0) is 46.0. The van der Waals surface area contributed by atoms with Crippen LogP contribution in [0.3, 0.4) is 0 Å². The third-order valence-corrected chi connectivity index (χ3v) is 12.8. The number of aromatic nitrogens is 7. The van der Waals surface area contributed by atoms with Gasteiger partial charge in [-0.1, -0.05) is 85.6 Å². The van der Waals surface area contributed by atoms with Crippen molar-refractivity contribution < 1.29 is 28.6 Å². The van der Waals surface area contributed by atoms with Crippen molar-refractivity contribution in [3.05, 3.63) is 108 Å². The van der Waals surface area contributed by atoms with Crippen molar-refractivity contribution in [1.82, 2.24) is 34.3 Å². The number of hydrogen-bond acceptors (Lipinski definition) is 16. The molecule has 4 heterocycles. The van der Waals surface area contributed by atoms with E-state index in [1.807, 2.05) is 79.7 Å². The van der Waals surface area contributed by atoms with Gasteiger partial charge in [-0.05, 0) is 111 Å². The maximum atomic E-state index is 12.8. The second-order valence-corrected chi connectivity index (χ2v) is 19.2. The predicted octanol–water partition coefficient (Wildman–Crippen LogP) is 10.6. The van der Waals surface area contributed by atoms with Gasteiger partial charge < -0.3 is 31.4 Å². The molecular formula is C41H43Br3N10O6S4. The molecule has 0 radical (unpaired) electrons. The number of hydrogen-bond donors (Lipinski definition) is 3. The highest BCUT2D eigenvalue weighted by Crippen LogP contribution is 2.46. The summed E-state index contributed by atoms with van der Waals surface area (Å²) in [4.78, 5) is 43.3. The number of thiazole rings is 1. The van der Waals surface area contributed by atoms with Crippen LogP contribution in [-0.2, 0) is 14.2 Å². The van der Waals surface area contributed by atoms with Gasteiger partial charge in [0.05, 0.1) is 56.7 Å². The fraction of sp³-hybridized carbons (Fsp3) is 0.220. The van der Waals surface area contributed by atoms with Crippen molar-refractivity contribution in [2.75, 3.05) is 31.3 Å². The fourth-order valence-corrected chi connectivity index (χ4v) is 9.82. The van der Waals surface area contributed by atoms with Crippen LogP contribution >= 0.6 is 92.9 Å². The van der Waals surface area contributed by atoms with Crippen LogP contribution in [0.4, 0.5) is 11.6 Å². The summed E-state index contributed by atoms with van der Waals surface area (Å²) < 4.78 is 23.4. The van der Waals surface area contributed by atoms with E-state index >= 15 is 0 Å². The van der Waals surface area contributed by atoms with E-state index in [1.165, 1.54) is 20.7 Å². The number of ether oxygens (including phenoxy) is 3. The highest BCUT2D eigenvalue weighted by molar-refractivity contribution is 9.11. The lowest BCUT2D eigenvalue weighted by Crippen LogP contribution is -2.08. The van der Waals surface area contributed by atoms with E-state index in [9.17, 15) is 14.4 Å². The highest BCUT2D eigenvalue weighted by atomic mass is 79.9. The molecule has 0 aliphatic heterocycles. The largest absolute Gasteiger partial charge is 0.461 e. The molecule has 0 saturated carbocycles. The second-order valence-electron chi connectivity index (χ2n) is 12.5. The molecule has 4 aromatic heterocycles.